The van der Waals surface area contributed by atoms with Crippen LogP contribution in [0, 0.1) is 0 Å². The van der Waals surface area contributed by atoms with Crippen molar-refractivity contribution >= 4 is 5.91 Å². The minimum absolute atomic E-state index is 0.435. The maximum absolute atomic E-state index is 10.8. The first-order valence-electron chi connectivity index (χ1n) is 4.02. The van der Waals surface area contributed by atoms with Crippen LogP contribution >= 0.6 is 0 Å². The zero-order valence-corrected chi connectivity index (χ0v) is 7.29. The molecule has 14 heavy (non-hydrogen) atoms. The minimum atomic E-state index is -0.435. The van der Waals surface area contributed by atoms with Crippen LogP contribution in [-0.2, 0) is 0 Å². The number of nitrogens with zero attached hydrogens (tertiary/aromatic N) is 3. The molecule has 1 heterocycles. The molecule has 70 valence electrons. The molecule has 5 heteroatoms. The highest BCUT2D eigenvalue weighted by Gasteiger charge is 2.00. The fourth-order valence-electron chi connectivity index (χ4n) is 1.12. The first kappa shape index (κ1) is 8.43. The van der Waals surface area contributed by atoms with Gasteiger partial charge in [0.25, 0.3) is 0 Å². The molecule has 2 rings (SSSR count). The van der Waals surface area contributed by atoms with E-state index in [1.165, 1.54) is 6.33 Å². The van der Waals surface area contributed by atoms with Crippen molar-refractivity contribution < 1.29 is 4.79 Å². The zero-order chi connectivity index (χ0) is 9.97. The van der Waals surface area contributed by atoms with Gasteiger partial charge in [0.1, 0.15) is 12.7 Å². The van der Waals surface area contributed by atoms with E-state index in [2.05, 4.69) is 10.1 Å². The molecule has 0 aliphatic heterocycles. The normalized spacial score (nSPS) is 10.0. The Labute approximate surface area is 80.2 Å². The van der Waals surface area contributed by atoms with Crippen molar-refractivity contribution in [1.29, 1.82) is 0 Å². The third-order valence-electron chi connectivity index (χ3n) is 1.84. The molecule has 5 nitrogen and oxygen atoms in total. The third kappa shape index (κ3) is 1.47. The van der Waals surface area contributed by atoms with E-state index in [-0.39, 0.29) is 0 Å². The predicted molar refractivity (Wildman–Crippen MR) is 49.9 cm³/mol. The smallest absolute Gasteiger partial charge is 0.248 e. The van der Waals surface area contributed by atoms with E-state index in [1.54, 1.807) is 35.3 Å². The van der Waals surface area contributed by atoms with E-state index in [9.17, 15) is 4.79 Å². The van der Waals surface area contributed by atoms with E-state index in [4.69, 9.17) is 5.73 Å². The number of rotatable bonds is 2. The summed E-state index contributed by atoms with van der Waals surface area (Å²) >= 11 is 0. The maximum Gasteiger partial charge on any atom is 0.248 e. The van der Waals surface area contributed by atoms with Gasteiger partial charge in [0.2, 0.25) is 5.91 Å². The van der Waals surface area contributed by atoms with Gasteiger partial charge in [-0.2, -0.15) is 5.10 Å². The molecule has 0 radical (unpaired) electrons. The van der Waals surface area contributed by atoms with Crippen LogP contribution < -0.4 is 5.73 Å². The van der Waals surface area contributed by atoms with Gasteiger partial charge < -0.3 is 5.73 Å². The van der Waals surface area contributed by atoms with Crippen LogP contribution in [0.3, 0.4) is 0 Å². The molecule has 1 aromatic carbocycles. The molecule has 1 amide bonds. The average Bonchev–Trinajstić information content (AvgIpc) is 2.71. The summed E-state index contributed by atoms with van der Waals surface area (Å²) in [6, 6.07) is 6.82. The Bertz CT molecular complexity index is 432. The topological polar surface area (TPSA) is 73.8 Å². The van der Waals surface area contributed by atoms with E-state index in [1.807, 2.05) is 0 Å². The minimum Gasteiger partial charge on any atom is -0.366 e. The Kier molecular flexibility index (Phi) is 1.98. The summed E-state index contributed by atoms with van der Waals surface area (Å²) in [7, 11) is 0. The monoisotopic (exact) mass is 188 g/mol. The lowest BCUT2D eigenvalue weighted by molar-refractivity contribution is 0.100. The Morgan fingerprint density at radius 3 is 2.50 bits per heavy atom. The molecule has 0 unspecified atom stereocenters. The largest absolute Gasteiger partial charge is 0.366 e. The van der Waals surface area contributed by atoms with Gasteiger partial charge in [0, 0.05) is 5.56 Å². The highest BCUT2D eigenvalue weighted by atomic mass is 16.1. The summed E-state index contributed by atoms with van der Waals surface area (Å²) in [4.78, 5) is 14.6. The summed E-state index contributed by atoms with van der Waals surface area (Å²) in [5, 5.41) is 3.95. The van der Waals surface area contributed by atoms with E-state index >= 15 is 0 Å². The molecular weight excluding hydrogens is 180 g/mol. The summed E-state index contributed by atoms with van der Waals surface area (Å²) in [6.45, 7) is 0. The highest BCUT2D eigenvalue weighted by Crippen LogP contribution is 2.06. The van der Waals surface area contributed by atoms with Crippen LogP contribution in [0.25, 0.3) is 5.69 Å². The Morgan fingerprint density at radius 2 is 2.00 bits per heavy atom. The third-order valence-corrected chi connectivity index (χ3v) is 1.84. The number of nitrogens with two attached hydrogens (primary N) is 1. The van der Waals surface area contributed by atoms with E-state index in [0.717, 1.165) is 5.69 Å². The maximum atomic E-state index is 10.8. The molecule has 0 aliphatic rings. The molecular formula is C9H8N4O. The van der Waals surface area contributed by atoms with Gasteiger partial charge in [0.05, 0.1) is 5.69 Å². The number of primary amides is 1. The molecule has 2 aromatic rings. The zero-order valence-electron chi connectivity index (χ0n) is 7.29. The Hall–Kier alpha value is -2.17. The van der Waals surface area contributed by atoms with Crippen molar-refractivity contribution in [2.45, 2.75) is 0 Å². The first-order valence-corrected chi connectivity index (χ1v) is 4.02. The fourth-order valence-corrected chi connectivity index (χ4v) is 1.12. The van der Waals surface area contributed by atoms with Crippen LogP contribution in [0.15, 0.2) is 36.9 Å². The average molecular weight is 188 g/mol. The molecule has 0 saturated carbocycles. The molecule has 0 bridgehead atoms. The van der Waals surface area contributed by atoms with Crippen molar-refractivity contribution in [3.8, 4) is 5.69 Å². The van der Waals surface area contributed by atoms with Crippen molar-refractivity contribution in [2.24, 2.45) is 5.73 Å². The molecule has 1 aromatic heterocycles. The molecule has 0 fully saturated rings. The highest BCUT2D eigenvalue weighted by molar-refractivity contribution is 5.92. The molecule has 0 spiro atoms. The van der Waals surface area contributed by atoms with Gasteiger partial charge in [-0.25, -0.2) is 9.67 Å². The van der Waals surface area contributed by atoms with E-state index in [0.29, 0.717) is 5.56 Å². The SMILES string of the molecule is NC(=O)c1ccc(-n2cncn2)cc1. The Morgan fingerprint density at radius 1 is 1.29 bits per heavy atom. The lowest BCUT2D eigenvalue weighted by Gasteiger charge is -2.00. The van der Waals surface area contributed by atoms with Crippen LogP contribution in [0.2, 0.25) is 0 Å². The second-order valence-electron chi connectivity index (χ2n) is 2.75. The second kappa shape index (κ2) is 3.29. The van der Waals surface area contributed by atoms with Gasteiger partial charge in [0.15, 0.2) is 0 Å². The van der Waals surface area contributed by atoms with Crippen LogP contribution in [0.1, 0.15) is 10.4 Å². The number of carbonyl (C=O) groups is 1. The number of hydrogen-bond donors (Lipinski definition) is 1. The van der Waals surface area contributed by atoms with Crippen molar-refractivity contribution in [3.63, 3.8) is 0 Å². The van der Waals surface area contributed by atoms with Gasteiger partial charge in [-0.05, 0) is 24.3 Å². The summed E-state index contributed by atoms with van der Waals surface area (Å²) in [5.74, 6) is -0.435. The summed E-state index contributed by atoms with van der Waals surface area (Å²) < 4.78 is 1.60. The number of carbonyl (C=O) groups excluding carboxylic acids is 1. The lowest BCUT2D eigenvalue weighted by atomic mass is 10.2. The fraction of sp³-hybridized carbons (Fsp3) is 0. The van der Waals surface area contributed by atoms with Crippen molar-refractivity contribution in [1.82, 2.24) is 14.8 Å². The number of benzene rings is 1. The van der Waals surface area contributed by atoms with Crippen molar-refractivity contribution in [2.75, 3.05) is 0 Å². The first-order chi connectivity index (χ1) is 6.77. The number of hydrogen-bond acceptors (Lipinski definition) is 3. The Balaban J connectivity index is 2.36. The molecule has 0 atom stereocenters. The lowest BCUT2D eigenvalue weighted by Crippen LogP contribution is -2.10. The van der Waals surface area contributed by atoms with Crippen LogP contribution in [-0.4, -0.2) is 20.7 Å². The van der Waals surface area contributed by atoms with E-state index < -0.39 is 5.91 Å². The van der Waals surface area contributed by atoms with Crippen molar-refractivity contribution in [3.05, 3.63) is 42.5 Å². The second-order valence-corrected chi connectivity index (χ2v) is 2.75. The van der Waals surface area contributed by atoms with Gasteiger partial charge >= 0.3 is 0 Å². The predicted octanol–water partition coefficient (Wildman–Crippen LogP) is 0.366. The van der Waals surface area contributed by atoms with Gasteiger partial charge in [-0.3, -0.25) is 4.79 Å². The molecule has 0 aliphatic carbocycles. The van der Waals surface area contributed by atoms with Crippen LogP contribution in [0.5, 0.6) is 0 Å². The van der Waals surface area contributed by atoms with Gasteiger partial charge in [-0.1, -0.05) is 0 Å². The number of amides is 1. The molecule has 2 N–H and O–H groups in total. The number of aromatic nitrogens is 3. The summed E-state index contributed by atoms with van der Waals surface area (Å²) in [5.41, 5.74) is 6.43. The standard InChI is InChI=1S/C9H8N4O/c10-9(14)7-1-3-8(4-2-7)13-6-11-5-12-13/h1-6H,(H2,10,14). The summed E-state index contributed by atoms with van der Waals surface area (Å²) in [6.07, 6.45) is 3.03. The van der Waals surface area contributed by atoms with Crippen LogP contribution in [0.4, 0.5) is 0 Å². The van der Waals surface area contributed by atoms with Gasteiger partial charge in [-0.15, -0.1) is 0 Å². The quantitative estimate of drug-likeness (QED) is 0.739. The molecule has 0 saturated heterocycles.